The first-order valence-corrected chi connectivity index (χ1v) is 10.00. The van der Waals surface area contributed by atoms with Gasteiger partial charge in [0.1, 0.15) is 0 Å². The van der Waals surface area contributed by atoms with Gasteiger partial charge in [-0.2, -0.15) is 4.72 Å². The Bertz CT molecular complexity index is 596. The highest BCUT2D eigenvalue weighted by Gasteiger charge is 2.48. The van der Waals surface area contributed by atoms with Gasteiger partial charge in [-0.1, -0.05) is 36.2 Å². The second-order valence-corrected chi connectivity index (χ2v) is 8.25. The zero-order chi connectivity index (χ0) is 17.7. The molecule has 0 saturated carbocycles. The number of nitrogens with two attached hydrogens (primary N) is 1. The number of carboxylic acids is 1. The van der Waals surface area contributed by atoms with Crippen molar-refractivity contribution in [2.75, 3.05) is 5.75 Å². The normalized spacial score (nSPS) is 28.0. The monoisotopic (exact) mass is 372 g/mol. The maximum Gasteiger partial charge on any atom is 0.303 e. The molecule has 1 aromatic rings. The minimum Gasteiger partial charge on any atom is -0.481 e. The van der Waals surface area contributed by atoms with Crippen LogP contribution in [0.4, 0.5) is 0 Å². The van der Waals surface area contributed by atoms with Crippen molar-refractivity contribution in [3.63, 3.8) is 0 Å². The van der Waals surface area contributed by atoms with Gasteiger partial charge in [0.05, 0.1) is 4.87 Å². The predicted molar refractivity (Wildman–Crippen MR) is 97.1 cm³/mol. The molecule has 1 heterocycles. The molecule has 0 amide bonds. The number of carbonyl (C=O) groups is 1. The van der Waals surface area contributed by atoms with Crippen molar-refractivity contribution >= 4 is 29.0 Å². The average Bonchev–Trinajstić information content (AvgIpc) is 2.81. The van der Waals surface area contributed by atoms with Gasteiger partial charge < -0.3 is 10.8 Å². The minimum absolute atomic E-state index is 0.0890. The molecule has 134 valence electrons. The van der Waals surface area contributed by atoms with Crippen LogP contribution in [-0.4, -0.2) is 36.5 Å². The molecule has 0 radical (unpaired) electrons. The van der Waals surface area contributed by atoms with Crippen LogP contribution in [-0.2, 0) is 16.1 Å². The van der Waals surface area contributed by atoms with Crippen LogP contribution in [0, 0.1) is 6.92 Å². The van der Waals surface area contributed by atoms with Gasteiger partial charge in [0.2, 0.25) is 11.3 Å². The fraction of sp³-hybridized carbons (Fsp3) is 0.562. The number of carboxylic acid groups (broad SMARTS) is 1. The summed E-state index contributed by atoms with van der Waals surface area (Å²) in [5.74, 6) is 0.0163. The van der Waals surface area contributed by atoms with Crippen molar-refractivity contribution in [3.8, 4) is 0 Å². The van der Waals surface area contributed by atoms with Crippen LogP contribution in [0.15, 0.2) is 24.3 Å². The van der Waals surface area contributed by atoms with Gasteiger partial charge >= 0.3 is 5.97 Å². The highest BCUT2D eigenvalue weighted by atomic mass is 32.2. The Hall–Kier alpha value is -0.930. The Labute approximate surface area is 149 Å². The molecular formula is C16H24N2O4S2. The SMILES string of the molecule is Cc1ccc(C2CS[C@](CCCCC(=O)O)(NS(=O)O)[C@H]2N)cc1. The molecule has 0 bridgehead atoms. The maximum atomic E-state index is 11.4. The molecule has 24 heavy (non-hydrogen) atoms. The van der Waals surface area contributed by atoms with Crippen LogP contribution in [0.2, 0.25) is 0 Å². The number of benzene rings is 1. The Balaban J connectivity index is 2.11. The van der Waals surface area contributed by atoms with Crippen molar-refractivity contribution in [3.05, 3.63) is 35.4 Å². The predicted octanol–water partition coefficient (Wildman–Crippen LogP) is 2.22. The summed E-state index contributed by atoms with van der Waals surface area (Å²) in [5, 5.41) is 8.75. The van der Waals surface area contributed by atoms with E-state index >= 15 is 0 Å². The molecule has 1 aliphatic heterocycles. The Morgan fingerprint density at radius 2 is 2.08 bits per heavy atom. The highest BCUT2D eigenvalue weighted by Crippen LogP contribution is 2.46. The van der Waals surface area contributed by atoms with Crippen LogP contribution >= 0.6 is 11.8 Å². The Morgan fingerprint density at radius 1 is 1.42 bits per heavy atom. The third-order valence-electron chi connectivity index (χ3n) is 4.45. The molecule has 6 nitrogen and oxygen atoms in total. The van der Waals surface area contributed by atoms with Crippen molar-refractivity contribution in [1.82, 2.24) is 4.72 Å². The van der Waals surface area contributed by atoms with E-state index in [1.54, 1.807) is 11.8 Å². The third-order valence-corrected chi connectivity index (χ3v) is 6.73. The molecule has 2 rings (SSSR count). The molecule has 5 N–H and O–H groups in total. The number of rotatable bonds is 8. The number of aryl methyl sites for hydroxylation is 1. The molecule has 4 atom stereocenters. The van der Waals surface area contributed by atoms with Gasteiger partial charge in [0, 0.05) is 24.1 Å². The number of thioether (sulfide) groups is 1. The summed E-state index contributed by atoms with van der Waals surface area (Å²) in [4.78, 5) is 9.93. The third kappa shape index (κ3) is 4.80. The van der Waals surface area contributed by atoms with Gasteiger partial charge in [0.25, 0.3) is 0 Å². The second kappa shape index (κ2) is 8.44. The first-order valence-electron chi connectivity index (χ1n) is 7.90. The number of unbranched alkanes of at least 4 members (excludes halogenated alkanes) is 1. The topological polar surface area (TPSA) is 113 Å². The summed E-state index contributed by atoms with van der Waals surface area (Å²) >= 11 is -0.616. The largest absolute Gasteiger partial charge is 0.481 e. The van der Waals surface area contributed by atoms with Crippen LogP contribution in [0.25, 0.3) is 0 Å². The summed E-state index contributed by atoms with van der Waals surface area (Å²) in [6, 6.07) is 7.85. The highest BCUT2D eigenvalue weighted by molar-refractivity contribution is 8.01. The summed E-state index contributed by atoms with van der Waals surface area (Å²) in [6.45, 7) is 2.02. The van der Waals surface area contributed by atoms with Crippen molar-refractivity contribution in [2.24, 2.45) is 5.73 Å². The van der Waals surface area contributed by atoms with Crippen molar-refractivity contribution < 1.29 is 18.7 Å². The van der Waals surface area contributed by atoms with E-state index in [-0.39, 0.29) is 18.4 Å². The summed E-state index contributed by atoms with van der Waals surface area (Å²) in [7, 11) is 0. The first kappa shape index (κ1) is 19.4. The van der Waals surface area contributed by atoms with Crippen LogP contribution < -0.4 is 10.5 Å². The molecule has 1 aromatic carbocycles. The van der Waals surface area contributed by atoms with Crippen molar-refractivity contribution in [1.29, 1.82) is 0 Å². The lowest BCUT2D eigenvalue weighted by Gasteiger charge is -2.34. The minimum atomic E-state index is -2.17. The van der Waals surface area contributed by atoms with E-state index in [1.807, 2.05) is 19.1 Å². The zero-order valence-corrected chi connectivity index (χ0v) is 15.2. The smallest absolute Gasteiger partial charge is 0.303 e. The fourth-order valence-electron chi connectivity index (χ4n) is 3.08. The Morgan fingerprint density at radius 3 is 2.67 bits per heavy atom. The summed E-state index contributed by atoms with van der Waals surface area (Å²) in [6.07, 6.45) is 1.82. The zero-order valence-electron chi connectivity index (χ0n) is 13.6. The molecule has 1 aliphatic rings. The van der Waals surface area contributed by atoms with E-state index in [2.05, 4.69) is 16.9 Å². The van der Waals surface area contributed by atoms with E-state index in [4.69, 9.17) is 10.8 Å². The van der Waals surface area contributed by atoms with Gasteiger partial charge in [0.15, 0.2) is 0 Å². The number of hydrogen-bond donors (Lipinski definition) is 4. The van der Waals surface area contributed by atoms with Gasteiger partial charge in [-0.05, 0) is 25.3 Å². The average molecular weight is 373 g/mol. The lowest BCUT2D eigenvalue weighted by Crippen LogP contribution is -2.54. The van der Waals surface area contributed by atoms with E-state index in [1.165, 1.54) is 5.56 Å². The van der Waals surface area contributed by atoms with E-state index < -0.39 is 22.1 Å². The Kier molecular flexibility index (Phi) is 6.82. The first-order chi connectivity index (χ1) is 11.3. The van der Waals surface area contributed by atoms with Crippen LogP contribution in [0.1, 0.15) is 42.7 Å². The summed E-state index contributed by atoms with van der Waals surface area (Å²) in [5.41, 5.74) is 8.77. The van der Waals surface area contributed by atoms with Gasteiger partial charge in [-0.25, -0.2) is 4.21 Å². The standard InChI is InChI=1S/C16H24N2O4S2/c1-11-5-7-12(8-6-11)13-10-23-16(15(13)17,18-24(21)22)9-3-2-4-14(19)20/h5-8,13,15,18H,2-4,9-10,17H2,1H3,(H,19,20)(H,21,22)/t13?,15-,16-/m0/s1. The summed E-state index contributed by atoms with van der Waals surface area (Å²) < 4.78 is 23.4. The van der Waals surface area contributed by atoms with Crippen LogP contribution in [0.5, 0.6) is 0 Å². The lowest BCUT2D eigenvalue weighted by atomic mass is 9.87. The van der Waals surface area contributed by atoms with Crippen molar-refractivity contribution in [2.45, 2.75) is 49.4 Å². The van der Waals surface area contributed by atoms with E-state index in [0.717, 1.165) is 11.3 Å². The quantitative estimate of drug-likeness (QED) is 0.411. The van der Waals surface area contributed by atoms with Crippen LogP contribution in [0.3, 0.4) is 0 Å². The molecule has 1 saturated heterocycles. The molecule has 0 aromatic heterocycles. The lowest BCUT2D eigenvalue weighted by molar-refractivity contribution is -0.137. The molecule has 0 spiro atoms. The molecule has 8 heteroatoms. The number of nitrogens with one attached hydrogen (secondary N) is 1. The number of aliphatic carboxylic acids is 1. The second-order valence-electron chi connectivity index (χ2n) is 6.20. The molecule has 2 unspecified atom stereocenters. The number of hydrogen-bond acceptors (Lipinski definition) is 4. The maximum absolute atomic E-state index is 11.4. The molecule has 1 fully saturated rings. The van der Waals surface area contributed by atoms with Gasteiger partial charge in [-0.15, -0.1) is 11.8 Å². The fourth-order valence-corrected chi connectivity index (χ4v) is 5.59. The van der Waals surface area contributed by atoms with E-state index in [9.17, 15) is 13.6 Å². The van der Waals surface area contributed by atoms with E-state index in [0.29, 0.717) is 19.3 Å². The molecule has 0 aliphatic carbocycles. The molecular weight excluding hydrogens is 348 g/mol. The van der Waals surface area contributed by atoms with Gasteiger partial charge in [-0.3, -0.25) is 9.35 Å².